The van der Waals surface area contributed by atoms with Crippen molar-refractivity contribution in [2.45, 2.75) is 36.4 Å². The van der Waals surface area contributed by atoms with Crippen molar-refractivity contribution >= 4 is 21.8 Å². The summed E-state index contributed by atoms with van der Waals surface area (Å²) in [5.74, 6) is -2.97. The van der Waals surface area contributed by atoms with Gasteiger partial charge in [-0.05, 0) is 18.4 Å². The first-order valence-corrected chi connectivity index (χ1v) is 7.74. The summed E-state index contributed by atoms with van der Waals surface area (Å²) < 4.78 is 26.1. The van der Waals surface area contributed by atoms with Gasteiger partial charge in [0.05, 0.1) is 4.83 Å². The number of amides is 1. The molecule has 2 rings (SSSR count). The molecule has 1 unspecified atom stereocenters. The number of rotatable bonds is 4. The fraction of sp³-hybridized carbons (Fsp3) is 0.533. The van der Waals surface area contributed by atoms with Crippen molar-refractivity contribution in [3.63, 3.8) is 0 Å². The molecule has 110 valence electrons. The van der Waals surface area contributed by atoms with Crippen LogP contribution in [0.25, 0.3) is 0 Å². The Labute approximate surface area is 126 Å². The highest BCUT2D eigenvalue weighted by atomic mass is 79.9. The van der Waals surface area contributed by atoms with Gasteiger partial charge in [0.25, 0.3) is 0 Å². The molecular formula is C15H18BrF2NO. The van der Waals surface area contributed by atoms with E-state index in [1.54, 1.807) is 0 Å². The predicted octanol–water partition coefficient (Wildman–Crippen LogP) is 4.06. The maximum Gasteiger partial charge on any atom is 0.248 e. The first-order chi connectivity index (χ1) is 9.48. The van der Waals surface area contributed by atoms with Crippen molar-refractivity contribution < 1.29 is 13.6 Å². The van der Waals surface area contributed by atoms with Crippen LogP contribution in [0.4, 0.5) is 8.78 Å². The lowest BCUT2D eigenvalue weighted by atomic mass is 9.86. The molecule has 0 bridgehead atoms. The SMILES string of the molecule is O=C(NCC(Br)c1ccccc1)C1CCC(F)(F)CC1. The van der Waals surface area contributed by atoms with E-state index < -0.39 is 5.92 Å². The number of carbonyl (C=O) groups excluding carboxylic acids is 1. The van der Waals surface area contributed by atoms with Crippen LogP contribution in [-0.4, -0.2) is 18.4 Å². The fourth-order valence-corrected chi connectivity index (χ4v) is 2.88. The van der Waals surface area contributed by atoms with Gasteiger partial charge in [-0.25, -0.2) is 8.78 Å². The summed E-state index contributed by atoms with van der Waals surface area (Å²) in [5, 5.41) is 2.85. The smallest absolute Gasteiger partial charge is 0.248 e. The Morgan fingerprint density at radius 2 is 1.90 bits per heavy atom. The average Bonchev–Trinajstić information content (AvgIpc) is 2.45. The summed E-state index contributed by atoms with van der Waals surface area (Å²) in [6, 6.07) is 9.77. The van der Waals surface area contributed by atoms with Crippen molar-refractivity contribution in [1.82, 2.24) is 5.32 Å². The molecule has 0 aromatic heterocycles. The van der Waals surface area contributed by atoms with Gasteiger partial charge >= 0.3 is 0 Å². The van der Waals surface area contributed by atoms with Crippen LogP contribution >= 0.6 is 15.9 Å². The first-order valence-electron chi connectivity index (χ1n) is 6.82. The van der Waals surface area contributed by atoms with Crippen LogP contribution in [0.15, 0.2) is 30.3 Å². The topological polar surface area (TPSA) is 29.1 Å². The van der Waals surface area contributed by atoms with Crippen LogP contribution in [0.2, 0.25) is 0 Å². The molecule has 1 aliphatic carbocycles. The molecular weight excluding hydrogens is 328 g/mol. The molecule has 1 aromatic rings. The maximum absolute atomic E-state index is 13.0. The van der Waals surface area contributed by atoms with Crippen molar-refractivity contribution in [1.29, 1.82) is 0 Å². The second-order valence-electron chi connectivity index (χ2n) is 5.25. The largest absolute Gasteiger partial charge is 0.354 e. The van der Waals surface area contributed by atoms with E-state index in [0.29, 0.717) is 6.54 Å². The highest BCUT2D eigenvalue weighted by Gasteiger charge is 2.37. The van der Waals surface area contributed by atoms with Crippen LogP contribution < -0.4 is 5.32 Å². The molecule has 0 saturated heterocycles. The van der Waals surface area contributed by atoms with Gasteiger partial charge < -0.3 is 5.32 Å². The van der Waals surface area contributed by atoms with E-state index in [-0.39, 0.29) is 42.3 Å². The van der Waals surface area contributed by atoms with Crippen molar-refractivity contribution in [3.8, 4) is 0 Å². The number of benzene rings is 1. The molecule has 0 spiro atoms. The summed E-state index contributed by atoms with van der Waals surface area (Å²) >= 11 is 3.52. The van der Waals surface area contributed by atoms with Gasteiger partial charge in [0, 0.05) is 25.3 Å². The highest BCUT2D eigenvalue weighted by molar-refractivity contribution is 9.09. The molecule has 2 nitrogen and oxygen atoms in total. The third kappa shape index (κ3) is 4.27. The van der Waals surface area contributed by atoms with Gasteiger partial charge in [0.1, 0.15) is 0 Å². The van der Waals surface area contributed by atoms with E-state index in [1.807, 2.05) is 30.3 Å². The third-order valence-corrected chi connectivity index (χ3v) is 4.56. The summed E-state index contributed by atoms with van der Waals surface area (Å²) in [7, 11) is 0. The number of halogens is 3. The molecule has 1 saturated carbocycles. The van der Waals surface area contributed by atoms with E-state index in [2.05, 4.69) is 21.2 Å². The van der Waals surface area contributed by atoms with E-state index in [9.17, 15) is 13.6 Å². The number of carbonyl (C=O) groups is 1. The molecule has 1 atom stereocenters. The lowest BCUT2D eigenvalue weighted by Gasteiger charge is -2.27. The number of nitrogens with one attached hydrogen (secondary N) is 1. The molecule has 20 heavy (non-hydrogen) atoms. The minimum Gasteiger partial charge on any atom is -0.354 e. The molecule has 1 amide bonds. The summed E-state index contributed by atoms with van der Waals surface area (Å²) in [6.07, 6.45) is 0.192. The Hall–Kier alpha value is -0.970. The Balaban J connectivity index is 1.78. The van der Waals surface area contributed by atoms with E-state index in [4.69, 9.17) is 0 Å². The molecule has 1 N–H and O–H groups in total. The zero-order valence-corrected chi connectivity index (χ0v) is 12.7. The van der Waals surface area contributed by atoms with Gasteiger partial charge in [0.2, 0.25) is 11.8 Å². The standard InChI is InChI=1S/C15H18BrF2NO/c16-13(11-4-2-1-3-5-11)10-19-14(20)12-6-8-15(17,18)9-7-12/h1-5,12-13H,6-10H2,(H,19,20). The van der Waals surface area contributed by atoms with E-state index >= 15 is 0 Å². The zero-order chi connectivity index (χ0) is 14.6. The van der Waals surface area contributed by atoms with Gasteiger partial charge in [-0.2, -0.15) is 0 Å². The van der Waals surface area contributed by atoms with E-state index in [0.717, 1.165) is 5.56 Å². The molecule has 1 aromatic carbocycles. The van der Waals surface area contributed by atoms with Gasteiger partial charge in [-0.15, -0.1) is 0 Å². The lowest BCUT2D eigenvalue weighted by molar-refractivity contribution is -0.129. The molecule has 5 heteroatoms. The lowest BCUT2D eigenvalue weighted by Crippen LogP contribution is -2.37. The van der Waals surface area contributed by atoms with Crippen LogP contribution in [0.1, 0.15) is 36.1 Å². The van der Waals surface area contributed by atoms with Gasteiger partial charge in [-0.1, -0.05) is 46.3 Å². The predicted molar refractivity (Wildman–Crippen MR) is 78.0 cm³/mol. The Bertz CT molecular complexity index is 442. The Morgan fingerprint density at radius 1 is 1.30 bits per heavy atom. The highest BCUT2D eigenvalue weighted by Crippen LogP contribution is 2.36. The van der Waals surface area contributed by atoms with E-state index in [1.165, 1.54) is 0 Å². The number of hydrogen-bond donors (Lipinski definition) is 1. The van der Waals surface area contributed by atoms with Gasteiger partial charge in [0.15, 0.2) is 0 Å². The molecule has 1 fully saturated rings. The summed E-state index contributed by atoms with van der Waals surface area (Å²) in [5.41, 5.74) is 1.09. The molecule has 0 aliphatic heterocycles. The Kier molecular flexibility index (Phi) is 5.13. The van der Waals surface area contributed by atoms with Crippen molar-refractivity contribution in [3.05, 3.63) is 35.9 Å². The fourth-order valence-electron chi connectivity index (χ4n) is 2.42. The minimum absolute atomic E-state index is 0.0395. The molecule has 0 heterocycles. The second-order valence-corrected chi connectivity index (χ2v) is 6.36. The second kappa shape index (κ2) is 6.66. The Morgan fingerprint density at radius 3 is 2.50 bits per heavy atom. The zero-order valence-electron chi connectivity index (χ0n) is 11.1. The summed E-state index contributed by atoms with van der Waals surface area (Å²) in [6.45, 7) is 0.468. The number of alkyl halides is 3. The third-order valence-electron chi connectivity index (χ3n) is 3.70. The normalized spacial score (nSPS) is 20.4. The van der Waals surface area contributed by atoms with Crippen LogP contribution in [0, 0.1) is 5.92 Å². The molecule has 1 aliphatic rings. The first kappa shape index (κ1) is 15.4. The average molecular weight is 346 g/mol. The van der Waals surface area contributed by atoms with Gasteiger partial charge in [-0.3, -0.25) is 4.79 Å². The van der Waals surface area contributed by atoms with Crippen molar-refractivity contribution in [2.75, 3.05) is 6.54 Å². The monoisotopic (exact) mass is 345 g/mol. The van der Waals surface area contributed by atoms with Crippen LogP contribution in [0.3, 0.4) is 0 Å². The maximum atomic E-state index is 13.0. The molecule has 0 radical (unpaired) electrons. The number of hydrogen-bond acceptors (Lipinski definition) is 1. The van der Waals surface area contributed by atoms with Crippen LogP contribution in [0.5, 0.6) is 0 Å². The summed E-state index contributed by atoms with van der Waals surface area (Å²) in [4.78, 5) is 12.0. The minimum atomic E-state index is -2.58. The quantitative estimate of drug-likeness (QED) is 0.819. The van der Waals surface area contributed by atoms with Crippen LogP contribution in [-0.2, 0) is 4.79 Å². The van der Waals surface area contributed by atoms with Crippen molar-refractivity contribution in [2.24, 2.45) is 5.92 Å².